The summed E-state index contributed by atoms with van der Waals surface area (Å²) in [6.45, 7) is -0.390. The molecule has 2 rings (SSSR count). The van der Waals surface area contributed by atoms with Crippen LogP contribution in [0.25, 0.3) is 0 Å². The molecular formula is C14H18ClF2NO4. The quantitative estimate of drug-likeness (QED) is 0.578. The predicted molar refractivity (Wildman–Crippen MR) is 75.5 cm³/mol. The third-order valence-electron chi connectivity index (χ3n) is 4.00. The van der Waals surface area contributed by atoms with Crippen LogP contribution in [-0.4, -0.2) is 69.4 Å². The minimum Gasteiger partial charge on any atom is -0.395 e. The van der Waals surface area contributed by atoms with Crippen molar-refractivity contribution in [1.29, 1.82) is 0 Å². The summed E-state index contributed by atoms with van der Waals surface area (Å²) < 4.78 is 27.5. The highest BCUT2D eigenvalue weighted by Gasteiger charge is 2.40. The lowest BCUT2D eigenvalue weighted by atomic mass is 9.93. The van der Waals surface area contributed by atoms with Crippen molar-refractivity contribution in [2.45, 2.75) is 30.8 Å². The first-order valence-electron chi connectivity index (χ1n) is 6.88. The van der Waals surface area contributed by atoms with E-state index in [0.717, 1.165) is 12.1 Å². The van der Waals surface area contributed by atoms with Crippen LogP contribution in [-0.2, 0) is 6.42 Å². The summed E-state index contributed by atoms with van der Waals surface area (Å²) in [5, 5.41) is 38.3. The zero-order chi connectivity index (χ0) is 16.4. The number of benzene rings is 1. The fraction of sp³-hybridized carbons (Fsp3) is 0.571. The van der Waals surface area contributed by atoms with E-state index in [2.05, 4.69) is 0 Å². The van der Waals surface area contributed by atoms with E-state index >= 15 is 0 Å². The Bertz CT molecular complexity index is 534. The van der Waals surface area contributed by atoms with E-state index < -0.39 is 42.6 Å². The van der Waals surface area contributed by atoms with Crippen LogP contribution in [0.2, 0.25) is 5.02 Å². The average molecular weight is 338 g/mol. The van der Waals surface area contributed by atoms with Crippen molar-refractivity contribution in [3.05, 3.63) is 34.4 Å². The number of rotatable bonds is 4. The van der Waals surface area contributed by atoms with Crippen LogP contribution in [0, 0.1) is 11.6 Å². The molecule has 22 heavy (non-hydrogen) atoms. The average Bonchev–Trinajstić information content (AvgIpc) is 2.49. The minimum absolute atomic E-state index is 0.0206. The van der Waals surface area contributed by atoms with Gasteiger partial charge in [-0.05, 0) is 18.6 Å². The number of β-amino-alcohol motifs (C(OH)–C–C–N with tert-alkyl or cyclic N) is 1. The fourth-order valence-corrected chi connectivity index (χ4v) is 2.87. The van der Waals surface area contributed by atoms with Gasteiger partial charge in [0.05, 0.1) is 23.8 Å². The second-order valence-corrected chi connectivity index (χ2v) is 5.77. The summed E-state index contributed by atoms with van der Waals surface area (Å²) in [6, 6.07) is 1.37. The Morgan fingerprint density at radius 2 is 1.86 bits per heavy atom. The SMILES string of the molecule is OC[C@H]1[C@@H](O)[C@H](O)[C@@H](O)CN1CCc1c(F)ccc(Cl)c1F. The molecule has 0 spiro atoms. The lowest BCUT2D eigenvalue weighted by Crippen LogP contribution is -2.62. The second kappa shape index (κ2) is 7.16. The Morgan fingerprint density at radius 1 is 1.18 bits per heavy atom. The summed E-state index contributed by atoms with van der Waals surface area (Å²) in [5.41, 5.74) is -0.195. The van der Waals surface area contributed by atoms with Crippen LogP contribution in [0.1, 0.15) is 5.56 Å². The highest BCUT2D eigenvalue weighted by atomic mass is 35.5. The summed E-state index contributed by atoms with van der Waals surface area (Å²) in [4.78, 5) is 1.49. The van der Waals surface area contributed by atoms with Gasteiger partial charge < -0.3 is 20.4 Å². The molecule has 0 aromatic heterocycles. The van der Waals surface area contributed by atoms with Crippen LogP contribution >= 0.6 is 11.6 Å². The maximum Gasteiger partial charge on any atom is 0.147 e. The molecule has 4 N–H and O–H groups in total. The van der Waals surface area contributed by atoms with Gasteiger partial charge in [-0.1, -0.05) is 11.6 Å². The van der Waals surface area contributed by atoms with E-state index in [1.54, 1.807) is 0 Å². The highest BCUT2D eigenvalue weighted by molar-refractivity contribution is 6.30. The van der Waals surface area contributed by atoms with Gasteiger partial charge in [-0.25, -0.2) is 8.78 Å². The molecule has 5 nitrogen and oxygen atoms in total. The van der Waals surface area contributed by atoms with Crippen LogP contribution < -0.4 is 0 Å². The molecule has 1 aliphatic heterocycles. The van der Waals surface area contributed by atoms with E-state index in [1.165, 1.54) is 4.90 Å². The van der Waals surface area contributed by atoms with Crippen molar-refractivity contribution in [3.8, 4) is 0 Å². The van der Waals surface area contributed by atoms with Gasteiger partial charge in [0.15, 0.2) is 0 Å². The standard InChI is InChI=1S/C14H18ClF2NO4/c15-8-1-2-9(16)7(12(8)17)3-4-18-5-11(20)14(22)13(21)10(18)6-19/h1-2,10-11,13-14,19-22H,3-6H2/t10-,11-,13+,14+/m0/s1. The van der Waals surface area contributed by atoms with Crippen LogP contribution in [0.5, 0.6) is 0 Å². The summed E-state index contributed by atoms with van der Waals surface area (Å²) in [6.07, 6.45) is -3.97. The molecule has 0 saturated carbocycles. The molecule has 0 radical (unpaired) electrons. The Balaban J connectivity index is 2.12. The number of piperidine rings is 1. The molecule has 8 heteroatoms. The Hall–Kier alpha value is -0.830. The molecule has 124 valence electrons. The van der Waals surface area contributed by atoms with Gasteiger partial charge in [0, 0.05) is 18.7 Å². The first kappa shape index (κ1) is 17.5. The molecule has 1 aromatic rings. The molecule has 0 amide bonds. The number of likely N-dealkylation sites (tertiary alicyclic amines) is 1. The monoisotopic (exact) mass is 337 g/mol. The largest absolute Gasteiger partial charge is 0.395 e. The highest BCUT2D eigenvalue weighted by Crippen LogP contribution is 2.23. The van der Waals surface area contributed by atoms with Crippen molar-refractivity contribution in [3.63, 3.8) is 0 Å². The number of aliphatic hydroxyl groups excluding tert-OH is 4. The topological polar surface area (TPSA) is 84.2 Å². The zero-order valence-electron chi connectivity index (χ0n) is 11.7. The number of hydrogen-bond acceptors (Lipinski definition) is 5. The predicted octanol–water partition coefficient (Wildman–Crippen LogP) is -0.0801. The Labute approximate surface area is 131 Å². The van der Waals surface area contributed by atoms with Crippen molar-refractivity contribution in [2.75, 3.05) is 19.7 Å². The molecule has 1 fully saturated rings. The normalized spacial score (nSPS) is 29.8. The van der Waals surface area contributed by atoms with E-state index in [1.807, 2.05) is 0 Å². The lowest BCUT2D eigenvalue weighted by Gasteiger charge is -2.43. The molecular weight excluding hydrogens is 320 g/mol. The van der Waals surface area contributed by atoms with Crippen molar-refractivity contribution in [2.24, 2.45) is 0 Å². The Kier molecular flexibility index (Phi) is 5.70. The summed E-state index contributed by atoms with van der Waals surface area (Å²) in [7, 11) is 0. The molecule has 1 aliphatic rings. The van der Waals surface area contributed by atoms with E-state index in [9.17, 15) is 29.2 Å². The molecule has 1 saturated heterocycles. The van der Waals surface area contributed by atoms with Gasteiger partial charge in [0.2, 0.25) is 0 Å². The van der Waals surface area contributed by atoms with Gasteiger partial charge in [0.25, 0.3) is 0 Å². The molecule has 4 atom stereocenters. The zero-order valence-corrected chi connectivity index (χ0v) is 12.4. The molecule has 0 unspecified atom stereocenters. The van der Waals surface area contributed by atoms with Gasteiger partial charge in [-0.2, -0.15) is 0 Å². The minimum atomic E-state index is -1.37. The van der Waals surface area contributed by atoms with Crippen molar-refractivity contribution >= 4 is 11.6 Å². The van der Waals surface area contributed by atoms with Gasteiger partial charge in [-0.15, -0.1) is 0 Å². The third kappa shape index (κ3) is 3.40. The van der Waals surface area contributed by atoms with Gasteiger partial charge in [-0.3, -0.25) is 4.90 Å². The van der Waals surface area contributed by atoms with E-state index in [4.69, 9.17) is 11.6 Å². The van der Waals surface area contributed by atoms with Crippen LogP contribution in [0.3, 0.4) is 0 Å². The summed E-state index contributed by atoms with van der Waals surface area (Å²) >= 11 is 5.62. The maximum absolute atomic E-state index is 13.8. The maximum atomic E-state index is 13.8. The molecule has 0 bridgehead atoms. The number of nitrogens with zero attached hydrogens (tertiary/aromatic N) is 1. The second-order valence-electron chi connectivity index (χ2n) is 5.37. The first-order chi connectivity index (χ1) is 10.4. The van der Waals surface area contributed by atoms with Crippen molar-refractivity contribution in [1.82, 2.24) is 4.90 Å². The first-order valence-corrected chi connectivity index (χ1v) is 7.26. The number of aliphatic hydroxyl groups is 4. The van der Waals surface area contributed by atoms with E-state index in [0.29, 0.717) is 0 Å². The Morgan fingerprint density at radius 3 is 2.50 bits per heavy atom. The van der Waals surface area contributed by atoms with Crippen LogP contribution in [0.4, 0.5) is 8.78 Å². The summed E-state index contributed by atoms with van der Waals surface area (Å²) in [5.74, 6) is -1.58. The smallest absolute Gasteiger partial charge is 0.147 e. The fourth-order valence-electron chi connectivity index (χ4n) is 2.69. The molecule has 1 heterocycles. The molecule has 1 aromatic carbocycles. The number of hydrogen-bond donors (Lipinski definition) is 4. The third-order valence-corrected chi connectivity index (χ3v) is 4.30. The van der Waals surface area contributed by atoms with Crippen LogP contribution in [0.15, 0.2) is 12.1 Å². The van der Waals surface area contributed by atoms with Crippen molar-refractivity contribution < 1.29 is 29.2 Å². The van der Waals surface area contributed by atoms with Gasteiger partial charge >= 0.3 is 0 Å². The molecule has 0 aliphatic carbocycles. The lowest BCUT2D eigenvalue weighted by molar-refractivity contribution is -0.144. The van der Waals surface area contributed by atoms with Gasteiger partial charge in [0.1, 0.15) is 23.8 Å². The number of halogens is 3. The van der Waals surface area contributed by atoms with E-state index in [-0.39, 0.29) is 30.1 Å².